The Morgan fingerprint density at radius 1 is 1.24 bits per heavy atom. The molecule has 0 bridgehead atoms. The number of aromatic nitrogens is 1. The normalized spacial score (nSPS) is 18.5. The highest BCUT2D eigenvalue weighted by Gasteiger charge is 2.21. The van der Waals surface area contributed by atoms with Crippen molar-refractivity contribution >= 4 is 41.3 Å². The van der Waals surface area contributed by atoms with E-state index in [1.807, 2.05) is 0 Å². The molecule has 2 aliphatic rings. The van der Waals surface area contributed by atoms with E-state index in [2.05, 4.69) is 39.7 Å². The smallest absolute Gasteiger partial charge is 0.191 e. The topological polar surface area (TPSA) is 61.8 Å². The van der Waals surface area contributed by atoms with Crippen molar-refractivity contribution in [3.63, 3.8) is 0 Å². The number of rotatable bonds is 11. The van der Waals surface area contributed by atoms with Gasteiger partial charge in [-0.15, -0.1) is 35.3 Å². The molecule has 29 heavy (non-hydrogen) atoms. The lowest BCUT2D eigenvalue weighted by atomic mass is 9.97. The van der Waals surface area contributed by atoms with Crippen molar-refractivity contribution in [3.05, 3.63) is 16.1 Å². The first kappa shape index (κ1) is 24.8. The molecular weight excluding hydrogens is 497 g/mol. The molecule has 166 valence electrons. The van der Waals surface area contributed by atoms with Crippen molar-refractivity contribution < 1.29 is 4.74 Å². The molecule has 2 heterocycles. The fourth-order valence-electron chi connectivity index (χ4n) is 3.51. The number of aryl methyl sites for hydroxylation is 1. The number of piperidine rings is 1. The molecule has 0 unspecified atom stereocenters. The maximum Gasteiger partial charge on any atom is 0.191 e. The van der Waals surface area contributed by atoms with Gasteiger partial charge in [0.25, 0.3) is 0 Å². The maximum atomic E-state index is 5.70. The fraction of sp³-hybridized carbons (Fsp3) is 0.810. The molecule has 1 saturated heterocycles. The number of hydrogen-bond donors (Lipinski definition) is 2. The van der Waals surface area contributed by atoms with Crippen molar-refractivity contribution in [1.29, 1.82) is 0 Å². The lowest BCUT2D eigenvalue weighted by Crippen LogP contribution is -2.39. The first-order valence-corrected chi connectivity index (χ1v) is 11.8. The van der Waals surface area contributed by atoms with Gasteiger partial charge < -0.3 is 15.4 Å². The minimum absolute atomic E-state index is 0. The molecule has 1 aromatic heterocycles. The van der Waals surface area contributed by atoms with Crippen LogP contribution in [0.1, 0.15) is 49.7 Å². The summed E-state index contributed by atoms with van der Waals surface area (Å²) in [6, 6.07) is 0. The lowest BCUT2D eigenvalue weighted by Gasteiger charge is -2.30. The SMILES string of the molecule is CCNC(=NCC1CCN(Cc2csc(C)n2)CC1)NCCCOCC1CC1.I. The van der Waals surface area contributed by atoms with E-state index >= 15 is 0 Å². The third kappa shape index (κ3) is 9.93. The van der Waals surface area contributed by atoms with E-state index in [9.17, 15) is 0 Å². The van der Waals surface area contributed by atoms with E-state index in [1.165, 1.54) is 31.4 Å². The van der Waals surface area contributed by atoms with Crippen LogP contribution in [0.25, 0.3) is 0 Å². The van der Waals surface area contributed by atoms with Crippen LogP contribution >= 0.6 is 35.3 Å². The number of thiazole rings is 1. The molecule has 0 spiro atoms. The Hall–Kier alpha value is -0.450. The summed E-state index contributed by atoms with van der Waals surface area (Å²) in [6.45, 7) is 12.0. The summed E-state index contributed by atoms with van der Waals surface area (Å²) in [7, 11) is 0. The van der Waals surface area contributed by atoms with Gasteiger partial charge in [-0.2, -0.15) is 0 Å². The molecule has 3 rings (SSSR count). The number of ether oxygens (including phenoxy) is 1. The average molecular weight is 536 g/mol. The number of aliphatic imine (C=N–C) groups is 1. The standard InChI is InChI=1S/C21H37N5OS.HI/c1-3-22-21(23-9-4-12-27-15-19-5-6-19)24-13-18-7-10-26(11-8-18)14-20-16-28-17(2)25-20;/h16,18-19H,3-15H2,1-2H3,(H2,22,23,24);1H. The number of nitrogens with one attached hydrogen (secondary N) is 2. The quantitative estimate of drug-likeness (QED) is 0.196. The monoisotopic (exact) mass is 535 g/mol. The summed E-state index contributed by atoms with van der Waals surface area (Å²) in [6.07, 6.45) is 6.20. The fourth-order valence-corrected chi connectivity index (χ4v) is 4.12. The second-order valence-electron chi connectivity index (χ2n) is 8.10. The molecule has 0 amide bonds. The van der Waals surface area contributed by atoms with Crippen LogP contribution in [0.15, 0.2) is 10.4 Å². The molecule has 2 N–H and O–H groups in total. The lowest BCUT2D eigenvalue weighted by molar-refractivity contribution is 0.123. The second kappa shape index (κ2) is 13.8. The van der Waals surface area contributed by atoms with Gasteiger partial charge in [-0.05, 0) is 70.9 Å². The molecular formula is C21H38IN5OS. The number of halogens is 1. The Balaban J connectivity index is 0.00000300. The molecule has 6 nitrogen and oxygen atoms in total. The number of guanidine groups is 1. The van der Waals surface area contributed by atoms with Crippen LogP contribution in [0.4, 0.5) is 0 Å². The summed E-state index contributed by atoms with van der Waals surface area (Å²) >= 11 is 1.75. The van der Waals surface area contributed by atoms with Crippen LogP contribution in [-0.2, 0) is 11.3 Å². The van der Waals surface area contributed by atoms with Crippen molar-refractivity contribution in [2.45, 2.75) is 52.5 Å². The Morgan fingerprint density at radius 3 is 2.69 bits per heavy atom. The molecule has 1 saturated carbocycles. The Morgan fingerprint density at radius 2 is 2.03 bits per heavy atom. The van der Waals surface area contributed by atoms with Gasteiger partial charge in [0.1, 0.15) is 0 Å². The van der Waals surface area contributed by atoms with E-state index in [4.69, 9.17) is 9.73 Å². The van der Waals surface area contributed by atoms with Gasteiger partial charge in [-0.25, -0.2) is 4.98 Å². The summed E-state index contributed by atoms with van der Waals surface area (Å²) in [5, 5.41) is 10.2. The average Bonchev–Trinajstić information content (AvgIpc) is 3.44. The maximum absolute atomic E-state index is 5.70. The second-order valence-corrected chi connectivity index (χ2v) is 9.16. The van der Waals surface area contributed by atoms with Gasteiger partial charge in [0.05, 0.1) is 10.7 Å². The van der Waals surface area contributed by atoms with E-state index in [0.717, 1.165) is 75.8 Å². The Bertz CT molecular complexity index is 600. The van der Waals surface area contributed by atoms with Gasteiger partial charge in [-0.1, -0.05) is 0 Å². The van der Waals surface area contributed by atoms with Crippen molar-refractivity contribution in [2.24, 2.45) is 16.8 Å². The van der Waals surface area contributed by atoms with Gasteiger partial charge >= 0.3 is 0 Å². The molecule has 0 radical (unpaired) electrons. The van der Waals surface area contributed by atoms with E-state index in [-0.39, 0.29) is 24.0 Å². The van der Waals surface area contributed by atoms with Gasteiger partial charge in [0, 0.05) is 44.8 Å². The van der Waals surface area contributed by atoms with E-state index in [0.29, 0.717) is 5.92 Å². The largest absolute Gasteiger partial charge is 0.381 e. The van der Waals surface area contributed by atoms with E-state index in [1.54, 1.807) is 11.3 Å². The molecule has 0 atom stereocenters. The third-order valence-electron chi connectivity index (χ3n) is 5.42. The van der Waals surface area contributed by atoms with Crippen LogP contribution in [0.3, 0.4) is 0 Å². The number of nitrogens with zero attached hydrogens (tertiary/aromatic N) is 3. The summed E-state index contributed by atoms with van der Waals surface area (Å²) in [4.78, 5) is 11.9. The number of likely N-dealkylation sites (tertiary alicyclic amines) is 1. The first-order valence-electron chi connectivity index (χ1n) is 11.0. The van der Waals surface area contributed by atoms with Gasteiger partial charge in [0.2, 0.25) is 0 Å². The molecule has 1 aliphatic carbocycles. The molecule has 1 aliphatic heterocycles. The molecule has 2 fully saturated rings. The zero-order valence-corrected chi connectivity index (χ0v) is 21.1. The highest BCUT2D eigenvalue weighted by molar-refractivity contribution is 14.0. The number of hydrogen-bond acceptors (Lipinski definition) is 5. The molecule has 0 aromatic carbocycles. The highest BCUT2D eigenvalue weighted by atomic mass is 127. The van der Waals surface area contributed by atoms with Gasteiger partial charge in [0.15, 0.2) is 5.96 Å². The van der Waals surface area contributed by atoms with Crippen molar-refractivity contribution in [2.75, 3.05) is 45.9 Å². The summed E-state index contributed by atoms with van der Waals surface area (Å²) < 4.78 is 5.70. The van der Waals surface area contributed by atoms with E-state index < -0.39 is 0 Å². The Kier molecular flexibility index (Phi) is 11.8. The highest BCUT2D eigenvalue weighted by Crippen LogP contribution is 2.28. The summed E-state index contributed by atoms with van der Waals surface area (Å²) in [5.74, 6) is 2.49. The van der Waals surface area contributed by atoms with Gasteiger partial charge in [-0.3, -0.25) is 9.89 Å². The predicted octanol–water partition coefficient (Wildman–Crippen LogP) is 3.65. The van der Waals surface area contributed by atoms with Crippen LogP contribution in [0.2, 0.25) is 0 Å². The predicted molar refractivity (Wildman–Crippen MR) is 132 cm³/mol. The minimum Gasteiger partial charge on any atom is -0.381 e. The van der Waals surface area contributed by atoms with Crippen LogP contribution < -0.4 is 10.6 Å². The molecule has 8 heteroatoms. The van der Waals surface area contributed by atoms with Crippen LogP contribution in [0.5, 0.6) is 0 Å². The third-order valence-corrected chi connectivity index (χ3v) is 6.24. The van der Waals surface area contributed by atoms with Crippen LogP contribution in [0, 0.1) is 18.8 Å². The first-order chi connectivity index (χ1) is 13.7. The minimum atomic E-state index is 0. The van der Waals surface area contributed by atoms with Crippen molar-refractivity contribution in [1.82, 2.24) is 20.5 Å². The summed E-state index contributed by atoms with van der Waals surface area (Å²) in [5.41, 5.74) is 1.22. The molecule has 1 aromatic rings. The Labute approximate surface area is 197 Å². The van der Waals surface area contributed by atoms with Crippen LogP contribution in [-0.4, -0.2) is 61.8 Å². The zero-order valence-electron chi connectivity index (χ0n) is 18.0. The van der Waals surface area contributed by atoms with Crippen molar-refractivity contribution in [3.8, 4) is 0 Å². The zero-order chi connectivity index (χ0) is 19.6.